The summed E-state index contributed by atoms with van der Waals surface area (Å²) in [6.45, 7) is 6.20. The summed E-state index contributed by atoms with van der Waals surface area (Å²) in [6, 6.07) is 0.349. The maximum Gasteiger partial charge on any atom is 0.220 e. The van der Waals surface area contributed by atoms with E-state index < -0.39 is 0 Å². The molecule has 2 unspecified atom stereocenters. The van der Waals surface area contributed by atoms with Crippen molar-refractivity contribution in [2.75, 3.05) is 0 Å². The molecule has 0 rings (SSSR count). The Morgan fingerprint density at radius 2 is 1.71 bits per heavy atom. The second kappa shape index (κ2) is 10.6. The first-order valence-electron chi connectivity index (χ1n) is 7.11. The number of hydrogen-bond acceptors (Lipinski definition) is 2. The van der Waals surface area contributed by atoms with E-state index in [4.69, 9.17) is 5.73 Å². The summed E-state index contributed by atoms with van der Waals surface area (Å²) >= 11 is 0. The summed E-state index contributed by atoms with van der Waals surface area (Å²) < 4.78 is 0. The molecule has 2 atom stereocenters. The number of hydrogen-bond donors (Lipinski definition) is 2. The van der Waals surface area contributed by atoms with Crippen LogP contribution in [0.25, 0.3) is 0 Å². The molecule has 0 saturated carbocycles. The minimum atomic E-state index is 0.152. The molecule has 3 nitrogen and oxygen atoms in total. The Labute approximate surface area is 107 Å². The highest BCUT2D eigenvalue weighted by Crippen LogP contribution is 2.07. The molecule has 102 valence electrons. The molecule has 17 heavy (non-hydrogen) atoms. The Morgan fingerprint density at radius 1 is 1.12 bits per heavy atom. The summed E-state index contributed by atoms with van der Waals surface area (Å²) in [4.78, 5) is 11.6. The predicted octanol–water partition coefficient (Wildman–Crippen LogP) is 2.98. The highest BCUT2D eigenvalue weighted by molar-refractivity contribution is 5.76. The van der Waals surface area contributed by atoms with E-state index >= 15 is 0 Å². The monoisotopic (exact) mass is 242 g/mol. The SMILES string of the molecule is CCCCCCCCC(=O)NC(C)CC(C)N. The van der Waals surface area contributed by atoms with Gasteiger partial charge in [0, 0.05) is 18.5 Å². The van der Waals surface area contributed by atoms with Crippen LogP contribution in [0.1, 0.15) is 72.1 Å². The van der Waals surface area contributed by atoms with Gasteiger partial charge in [-0.3, -0.25) is 4.79 Å². The van der Waals surface area contributed by atoms with Gasteiger partial charge in [0.15, 0.2) is 0 Å². The van der Waals surface area contributed by atoms with Crippen LogP contribution in [0.5, 0.6) is 0 Å². The van der Waals surface area contributed by atoms with Crippen molar-refractivity contribution in [1.29, 1.82) is 0 Å². The Bertz CT molecular complexity index is 193. The fourth-order valence-electron chi connectivity index (χ4n) is 2.03. The average molecular weight is 242 g/mol. The van der Waals surface area contributed by atoms with Gasteiger partial charge in [-0.25, -0.2) is 0 Å². The largest absolute Gasteiger partial charge is 0.354 e. The molecule has 0 aliphatic rings. The molecule has 0 aromatic rings. The minimum Gasteiger partial charge on any atom is -0.354 e. The molecule has 0 aliphatic heterocycles. The average Bonchev–Trinajstić information content (AvgIpc) is 2.21. The molecule has 3 heteroatoms. The lowest BCUT2D eigenvalue weighted by Crippen LogP contribution is -2.36. The normalized spacial score (nSPS) is 14.4. The second-order valence-corrected chi connectivity index (χ2v) is 5.20. The lowest BCUT2D eigenvalue weighted by atomic mass is 10.1. The van der Waals surface area contributed by atoms with Crippen LogP contribution in [-0.2, 0) is 4.79 Å². The zero-order valence-electron chi connectivity index (χ0n) is 11.8. The van der Waals surface area contributed by atoms with Crippen LogP contribution in [0.3, 0.4) is 0 Å². The number of nitrogens with two attached hydrogens (primary N) is 1. The highest BCUT2D eigenvalue weighted by atomic mass is 16.1. The molecule has 0 fully saturated rings. The summed E-state index contributed by atoms with van der Waals surface area (Å²) in [5, 5.41) is 2.99. The molecule has 0 aromatic heterocycles. The van der Waals surface area contributed by atoms with Gasteiger partial charge in [0.2, 0.25) is 5.91 Å². The Morgan fingerprint density at radius 3 is 2.29 bits per heavy atom. The fourth-order valence-corrected chi connectivity index (χ4v) is 2.03. The molecule has 0 aliphatic carbocycles. The third kappa shape index (κ3) is 11.7. The van der Waals surface area contributed by atoms with Crippen LogP contribution >= 0.6 is 0 Å². The molecule has 1 amide bonds. The van der Waals surface area contributed by atoms with E-state index in [9.17, 15) is 4.79 Å². The summed E-state index contributed by atoms with van der Waals surface area (Å²) in [5.41, 5.74) is 5.69. The molecule has 0 spiro atoms. The molecule has 0 heterocycles. The third-order valence-electron chi connectivity index (χ3n) is 2.89. The van der Waals surface area contributed by atoms with Crippen LogP contribution in [0.4, 0.5) is 0 Å². The quantitative estimate of drug-likeness (QED) is 0.579. The smallest absolute Gasteiger partial charge is 0.220 e. The molecule has 0 bridgehead atoms. The maximum atomic E-state index is 11.6. The second-order valence-electron chi connectivity index (χ2n) is 5.20. The predicted molar refractivity (Wildman–Crippen MR) is 73.9 cm³/mol. The van der Waals surface area contributed by atoms with Gasteiger partial charge < -0.3 is 11.1 Å². The van der Waals surface area contributed by atoms with Gasteiger partial charge in [-0.05, 0) is 26.7 Å². The van der Waals surface area contributed by atoms with Gasteiger partial charge in [-0.1, -0.05) is 39.0 Å². The van der Waals surface area contributed by atoms with E-state index in [0.29, 0.717) is 6.42 Å². The van der Waals surface area contributed by atoms with Crippen molar-refractivity contribution in [2.45, 2.75) is 84.2 Å². The van der Waals surface area contributed by atoms with Crippen molar-refractivity contribution < 1.29 is 4.79 Å². The molecule has 0 aromatic carbocycles. The van der Waals surface area contributed by atoms with E-state index in [-0.39, 0.29) is 18.0 Å². The topological polar surface area (TPSA) is 55.1 Å². The standard InChI is InChI=1S/C14H30N2O/c1-4-5-6-7-8-9-10-14(17)16-13(3)11-12(2)15/h12-13H,4-11,15H2,1-3H3,(H,16,17). The van der Waals surface area contributed by atoms with Gasteiger partial charge >= 0.3 is 0 Å². The minimum absolute atomic E-state index is 0.152. The zero-order chi connectivity index (χ0) is 13.1. The van der Waals surface area contributed by atoms with Crippen molar-refractivity contribution in [3.05, 3.63) is 0 Å². The fraction of sp³-hybridized carbons (Fsp3) is 0.929. The summed E-state index contributed by atoms with van der Waals surface area (Å²) in [7, 11) is 0. The first-order chi connectivity index (χ1) is 8.06. The van der Waals surface area contributed by atoms with Gasteiger partial charge in [0.05, 0.1) is 0 Å². The number of nitrogens with one attached hydrogen (secondary N) is 1. The number of unbranched alkanes of at least 4 members (excludes halogenated alkanes) is 5. The van der Waals surface area contributed by atoms with Gasteiger partial charge in [0.1, 0.15) is 0 Å². The van der Waals surface area contributed by atoms with E-state index in [2.05, 4.69) is 12.2 Å². The lowest BCUT2D eigenvalue weighted by Gasteiger charge is -2.15. The van der Waals surface area contributed by atoms with Crippen molar-refractivity contribution >= 4 is 5.91 Å². The van der Waals surface area contributed by atoms with Crippen molar-refractivity contribution in [1.82, 2.24) is 5.32 Å². The van der Waals surface area contributed by atoms with Crippen LogP contribution < -0.4 is 11.1 Å². The summed E-state index contributed by atoms with van der Waals surface area (Å²) in [5.74, 6) is 0.175. The van der Waals surface area contributed by atoms with E-state index in [1.807, 2.05) is 13.8 Å². The number of rotatable bonds is 10. The van der Waals surface area contributed by atoms with E-state index in [1.54, 1.807) is 0 Å². The molecule has 0 radical (unpaired) electrons. The highest BCUT2D eigenvalue weighted by Gasteiger charge is 2.08. The van der Waals surface area contributed by atoms with Crippen molar-refractivity contribution in [3.63, 3.8) is 0 Å². The van der Waals surface area contributed by atoms with E-state index in [1.165, 1.54) is 32.1 Å². The molecule has 0 saturated heterocycles. The zero-order valence-corrected chi connectivity index (χ0v) is 11.8. The van der Waals surface area contributed by atoms with Crippen molar-refractivity contribution in [2.24, 2.45) is 5.73 Å². The molecular formula is C14H30N2O. The van der Waals surface area contributed by atoms with Crippen LogP contribution in [0.15, 0.2) is 0 Å². The molecule has 3 N–H and O–H groups in total. The van der Waals surface area contributed by atoms with Crippen LogP contribution in [0.2, 0.25) is 0 Å². The Hall–Kier alpha value is -0.570. The van der Waals surface area contributed by atoms with Crippen LogP contribution in [-0.4, -0.2) is 18.0 Å². The van der Waals surface area contributed by atoms with Crippen LogP contribution in [0, 0.1) is 0 Å². The van der Waals surface area contributed by atoms with E-state index in [0.717, 1.165) is 12.8 Å². The maximum absolute atomic E-state index is 11.6. The summed E-state index contributed by atoms with van der Waals surface area (Å²) in [6.07, 6.45) is 8.86. The Kier molecular flexibility index (Phi) is 10.2. The van der Waals surface area contributed by atoms with Gasteiger partial charge in [-0.15, -0.1) is 0 Å². The first kappa shape index (κ1) is 16.4. The number of carbonyl (C=O) groups is 1. The Balaban J connectivity index is 3.40. The lowest BCUT2D eigenvalue weighted by molar-refractivity contribution is -0.121. The van der Waals surface area contributed by atoms with Crippen molar-refractivity contribution in [3.8, 4) is 0 Å². The van der Waals surface area contributed by atoms with Gasteiger partial charge in [0.25, 0.3) is 0 Å². The number of amides is 1. The third-order valence-corrected chi connectivity index (χ3v) is 2.89. The number of carbonyl (C=O) groups excluding carboxylic acids is 1. The molecular weight excluding hydrogens is 212 g/mol. The van der Waals surface area contributed by atoms with Gasteiger partial charge in [-0.2, -0.15) is 0 Å². The first-order valence-corrected chi connectivity index (χ1v) is 7.11.